The van der Waals surface area contributed by atoms with Gasteiger partial charge < -0.3 is 10.0 Å². The van der Waals surface area contributed by atoms with Gasteiger partial charge in [0.05, 0.1) is 0 Å². The number of carboxylic acid groups (broad SMARTS) is 1. The molecule has 0 spiro atoms. The van der Waals surface area contributed by atoms with Gasteiger partial charge in [-0.15, -0.1) is 0 Å². The molecule has 2 atom stereocenters. The molecule has 0 saturated heterocycles. The van der Waals surface area contributed by atoms with E-state index in [1.165, 1.54) is 23.6 Å². The summed E-state index contributed by atoms with van der Waals surface area (Å²) >= 11 is 1.19. The zero-order valence-corrected chi connectivity index (χ0v) is 12.0. The Morgan fingerprint density at radius 1 is 1.47 bits per heavy atom. The highest BCUT2D eigenvalue weighted by atomic mass is 32.2. The van der Waals surface area contributed by atoms with Crippen molar-refractivity contribution < 1.29 is 19.5 Å². The molecule has 0 aromatic rings. The van der Waals surface area contributed by atoms with E-state index < -0.39 is 12.0 Å². The Labute approximate surface area is 117 Å². The van der Waals surface area contributed by atoms with Gasteiger partial charge in [0.1, 0.15) is 6.04 Å². The van der Waals surface area contributed by atoms with Crippen molar-refractivity contribution in [3.8, 4) is 0 Å². The van der Waals surface area contributed by atoms with Crippen molar-refractivity contribution in [3.63, 3.8) is 0 Å². The van der Waals surface area contributed by atoms with Crippen LogP contribution in [-0.4, -0.2) is 38.8 Å². The van der Waals surface area contributed by atoms with Crippen LogP contribution in [0.1, 0.15) is 33.1 Å². The summed E-state index contributed by atoms with van der Waals surface area (Å²) < 4.78 is 0. The summed E-state index contributed by atoms with van der Waals surface area (Å²) in [4.78, 5) is 35.5. The molecule has 106 valence electrons. The van der Waals surface area contributed by atoms with Gasteiger partial charge in [-0.3, -0.25) is 9.59 Å². The molecule has 6 heteroatoms. The van der Waals surface area contributed by atoms with Crippen LogP contribution < -0.4 is 0 Å². The van der Waals surface area contributed by atoms with E-state index in [1.807, 2.05) is 6.08 Å². The van der Waals surface area contributed by atoms with Crippen molar-refractivity contribution in [2.75, 3.05) is 5.75 Å². The normalized spacial score (nSPS) is 20.1. The lowest BCUT2D eigenvalue weighted by molar-refractivity contribution is -0.149. The van der Waals surface area contributed by atoms with E-state index >= 15 is 0 Å². The van der Waals surface area contributed by atoms with Crippen LogP contribution in [0.4, 0.5) is 0 Å². The van der Waals surface area contributed by atoms with Crippen molar-refractivity contribution >= 4 is 28.8 Å². The number of hydrogen-bond acceptors (Lipinski definition) is 4. The maximum absolute atomic E-state index is 12.2. The minimum Gasteiger partial charge on any atom is -0.480 e. The fourth-order valence-electron chi connectivity index (χ4n) is 1.91. The van der Waals surface area contributed by atoms with Gasteiger partial charge >= 0.3 is 5.97 Å². The molecule has 0 bridgehead atoms. The topological polar surface area (TPSA) is 74.7 Å². The summed E-state index contributed by atoms with van der Waals surface area (Å²) in [6.45, 7) is 3.26. The Hall–Kier alpha value is -1.30. The van der Waals surface area contributed by atoms with Gasteiger partial charge in [-0.05, 0) is 19.3 Å². The third-order valence-electron chi connectivity index (χ3n) is 3.03. The standard InChI is InChI=1S/C13H19NO4S/c1-9(6-8-19-10(2)15)12(16)14-7-4-3-5-11(14)13(17)18/h4,7,9,11H,3,5-6,8H2,1-2H3,(H,17,18)/t9-,11?/m0/s1. The Bertz CT molecular complexity index is 394. The number of allylic oxidation sites excluding steroid dienone is 1. The molecule has 0 aromatic heterocycles. The molecular weight excluding hydrogens is 266 g/mol. The molecule has 0 radical (unpaired) electrons. The van der Waals surface area contributed by atoms with Crippen molar-refractivity contribution in [3.05, 3.63) is 12.3 Å². The number of hydrogen-bond donors (Lipinski definition) is 1. The molecule has 19 heavy (non-hydrogen) atoms. The lowest BCUT2D eigenvalue weighted by atomic mass is 10.0. The van der Waals surface area contributed by atoms with Crippen LogP contribution in [-0.2, 0) is 14.4 Å². The second-order valence-corrected chi connectivity index (χ2v) is 5.86. The molecule has 0 fully saturated rings. The molecule has 0 aliphatic carbocycles. The van der Waals surface area contributed by atoms with Crippen LogP contribution in [0.2, 0.25) is 0 Å². The van der Waals surface area contributed by atoms with Crippen LogP contribution in [0.5, 0.6) is 0 Å². The first-order valence-corrected chi connectivity index (χ1v) is 7.27. The Balaban J connectivity index is 2.58. The maximum atomic E-state index is 12.2. The predicted molar refractivity (Wildman–Crippen MR) is 73.6 cm³/mol. The third-order valence-corrected chi connectivity index (χ3v) is 3.87. The Morgan fingerprint density at radius 2 is 2.16 bits per heavy atom. The highest BCUT2D eigenvalue weighted by molar-refractivity contribution is 8.13. The van der Waals surface area contributed by atoms with Crippen molar-refractivity contribution in [1.82, 2.24) is 4.90 Å². The molecule has 5 nitrogen and oxygen atoms in total. The SMILES string of the molecule is CC(=O)SCC[C@H](C)C(=O)N1C=CCCC1C(=O)O. The number of carboxylic acids is 1. The van der Waals surface area contributed by atoms with Gasteiger partial charge in [0.15, 0.2) is 5.12 Å². The second-order valence-electron chi connectivity index (χ2n) is 4.59. The molecule has 1 amide bonds. The lowest BCUT2D eigenvalue weighted by Gasteiger charge is -2.30. The highest BCUT2D eigenvalue weighted by Crippen LogP contribution is 2.20. The second kappa shape index (κ2) is 7.33. The molecular formula is C13H19NO4S. The van der Waals surface area contributed by atoms with E-state index in [4.69, 9.17) is 5.11 Å². The molecule has 1 heterocycles. The fourth-order valence-corrected chi connectivity index (χ4v) is 2.67. The van der Waals surface area contributed by atoms with Gasteiger partial charge in [-0.2, -0.15) is 0 Å². The van der Waals surface area contributed by atoms with Gasteiger partial charge in [-0.25, -0.2) is 4.79 Å². The van der Waals surface area contributed by atoms with Gasteiger partial charge in [0.2, 0.25) is 5.91 Å². The molecule has 1 aliphatic heterocycles. The number of aliphatic carboxylic acids is 1. The summed E-state index contributed by atoms with van der Waals surface area (Å²) in [6.07, 6.45) is 5.08. The number of rotatable bonds is 5. The zero-order valence-electron chi connectivity index (χ0n) is 11.2. The summed E-state index contributed by atoms with van der Waals surface area (Å²) in [6, 6.07) is -0.764. The maximum Gasteiger partial charge on any atom is 0.326 e. The number of amides is 1. The van der Waals surface area contributed by atoms with Gasteiger partial charge in [0.25, 0.3) is 0 Å². The average Bonchev–Trinajstić information content (AvgIpc) is 2.37. The smallest absolute Gasteiger partial charge is 0.326 e. The monoisotopic (exact) mass is 285 g/mol. The molecule has 1 unspecified atom stereocenters. The Morgan fingerprint density at radius 3 is 2.74 bits per heavy atom. The van der Waals surface area contributed by atoms with Crippen LogP contribution in [0, 0.1) is 5.92 Å². The number of carbonyl (C=O) groups is 3. The number of thioether (sulfide) groups is 1. The van der Waals surface area contributed by atoms with Crippen molar-refractivity contribution in [1.29, 1.82) is 0 Å². The minimum atomic E-state index is -0.969. The number of nitrogens with zero attached hydrogens (tertiary/aromatic N) is 1. The minimum absolute atomic E-state index is 0.0286. The van der Waals surface area contributed by atoms with Crippen LogP contribution in [0.15, 0.2) is 12.3 Å². The molecule has 0 aromatic carbocycles. The number of carbonyl (C=O) groups excluding carboxylic acids is 2. The van der Waals surface area contributed by atoms with Crippen molar-refractivity contribution in [2.24, 2.45) is 5.92 Å². The first-order valence-electron chi connectivity index (χ1n) is 6.28. The largest absolute Gasteiger partial charge is 0.480 e. The highest BCUT2D eigenvalue weighted by Gasteiger charge is 2.31. The van der Waals surface area contributed by atoms with Crippen LogP contribution >= 0.6 is 11.8 Å². The zero-order chi connectivity index (χ0) is 14.4. The first-order chi connectivity index (χ1) is 8.93. The average molecular weight is 285 g/mol. The lowest BCUT2D eigenvalue weighted by Crippen LogP contribution is -2.45. The van der Waals surface area contributed by atoms with E-state index in [1.54, 1.807) is 13.1 Å². The van der Waals surface area contributed by atoms with E-state index in [0.717, 1.165) is 0 Å². The molecule has 0 saturated carbocycles. The van der Waals surface area contributed by atoms with E-state index in [-0.39, 0.29) is 16.9 Å². The summed E-state index contributed by atoms with van der Waals surface area (Å²) in [5.74, 6) is -0.857. The molecule has 1 aliphatic rings. The van der Waals surface area contributed by atoms with E-state index in [2.05, 4.69) is 0 Å². The van der Waals surface area contributed by atoms with Crippen molar-refractivity contribution in [2.45, 2.75) is 39.2 Å². The van der Waals surface area contributed by atoms with E-state index in [9.17, 15) is 14.4 Å². The third kappa shape index (κ3) is 4.70. The van der Waals surface area contributed by atoms with Gasteiger partial charge in [0, 0.05) is 24.8 Å². The quantitative estimate of drug-likeness (QED) is 0.834. The molecule has 1 N–H and O–H groups in total. The Kier molecular flexibility index (Phi) is 6.08. The summed E-state index contributed by atoms with van der Waals surface area (Å²) in [7, 11) is 0. The fraction of sp³-hybridized carbons (Fsp3) is 0.615. The predicted octanol–water partition coefficient (Wildman–Crippen LogP) is 1.88. The van der Waals surface area contributed by atoms with Crippen LogP contribution in [0.3, 0.4) is 0 Å². The van der Waals surface area contributed by atoms with Gasteiger partial charge in [-0.1, -0.05) is 24.8 Å². The van der Waals surface area contributed by atoms with Crippen LogP contribution in [0.25, 0.3) is 0 Å². The summed E-state index contributed by atoms with van der Waals surface area (Å²) in [5.41, 5.74) is 0. The molecule has 1 rings (SSSR count). The summed E-state index contributed by atoms with van der Waals surface area (Å²) in [5, 5.41) is 9.14. The first kappa shape index (κ1) is 15.8. The van der Waals surface area contributed by atoms with E-state index in [0.29, 0.717) is 25.0 Å².